The SMILES string of the molecule is O=C(O)c1cc(C(=O)O)c(COCOCCCO)cc1COCOCCCO. The summed E-state index contributed by atoms with van der Waals surface area (Å²) in [7, 11) is 0. The lowest BCUT2D eigenvalue weighted by Crippen LogP contribution is -2.13. The Morgan fingerprint density at radius 3 is 1.50 bits per heavy atom. The molecule has 0 fully saturated rings. The van der Waals surface area contributed by atoms with Crippen LogP contribution in [0.4, 0.5) is 0 Å². The first-order valence-electron chi connectivity index (χ1n) is 8.66. The van der Waals surface area contributed by atoms with Gasteiger partial charge in [-0.25, -0.2) is 9.59 Å². The van der Waals surface area contributed by atoms with E-state index in [-0.39, 0.29) is 62.3 Å². The quantitative estimate of drug-likeness (QED) is 0.231. The molecule has 0 aliphatic heterocycles. The first-order valence-corrected chi connectivity index (χ1v) is 8.66. The highest BCUT2D eigenvalue weighted by Crippen LogP contribution is 2.20. The number of carboxylic acids is 2. The number of benzene rings is 1. The van der Waals surface area contributed by atoms with Gasteiger partial charge in [-0.15, -0.1) is 0 Å². The van der Waals surface area contributed by atoms with E-state index in [1.165, 1.54) is 6.07 Å². The largest absolute Gasteiger partial charge is 0.478 e. The fourth-order valence-corrected chi connectivity index (χ4v) is 2.20. The maximum Gasteiger partial charge on any atom is 0.336 e. The zero-order chi connectivity index (χ0) is 20.8. The van der Waals surface area contributed by atoms with Crippen LogP contribution >= 0.6 is 0 Å². The molecule has 0 amide bonds. The Bertz CT molecular complexity index is 567. The van der Waals surface area contributed by atoms with E-state index >= 15 is 0 Å². The summed E-state index contributed by atoms with van der Waals surface area (Å²) in [6.07, 6.45) is 0.914. The number of carboxylic acid groups (broad SMARTS) is 2. The summed E-state index contributed by atoms with van der Waals surface area (Å²) in [6, 6.07) is 2.48. The molecule has 0 aromatic heterocycles. The average molecular weight is 402 g/mol. The van der Waals surface area contributed by atoms with Crippen LogP contribution in [-0.4, -0.2) is 72.4 Å². The van der Waals surface area contributed by atoms with Crippen LogP contribution in [0.1, 0.15) is 44.7 Å². The number of hydrogen-bond donors (Lipinski definition) is 4. The minimum absolute atomic E-state index is 0.00706. The molecule has 0 heterocycles. The molecule has 0 aliphatic rings. The standard InChI is InChI=1S/C18H26O10/c19-3-1-5-25-11-27-9-13-7-14(10-28-12-26-6-2-4-20)16(18(23)24)8-15(13)17(21)22/h7-8,19-20H,1-6,9-12H2,(H,21,22)(H,23,24). The Kier molecular flexibility index (Phi) is 12.0. The molecule has 0 radical (unpaired) electrons. The van der Waals surface area contributed by atoms with Gasteiger partial charge in [0.25, 0.3) is 0 Å². The normalized spacial score (nSPS) is 10.9. The summed E-state index contributed by atoms with van der Waals surface area (Å²) in [5.41, 5.74) is 0.192. The lowest BCUT2D eigenvalue weighted by molar-refractivity contribution is -0.0654. The van der Waals surface area contributed by atoms with E-state index in [2.05, 4.69) is 0 Å². The molecule has 10 nitrogen and oxygen atoms in total. The van der Waals surface area contributed by atoms with E-state index in [4.69, 9.17) is 29.2 Å². The highest BCUT2D eigenvalue weighted by atomic mass is 16.7. The Morgan fingerprint density at radius 1 is 0.714 bits per heavy atom. The fourth-order valence-electron chi connectivity index (χ4n) is 2.20. The van der Waals surface area contributed by atoms with Crippen molar-refractivity contribution in [3.8, 4) is 0 Å². The van der Waals surface area contributed by atoms with Crippen molar-refractivity contribution in [3.63, 3.8) is 0 Å². The van der Waals surface area contributed by atoms with Crippen molar-refractivity contribution in [1.29, 1.82) is 0 Å². The van der Waals surface area contributed by atoms with Crippen LogP contribution in [0, 0.1) is 0 Å². The number of carbonyl (C=O) groups is 2. The second-order valence-electron chi connectivity index (χ2n) is 5.68. The summed E-state index contributed by atoms with van der Waals surface area (Å²) < 4.78 is 20.8. The topological polar surface area (TPSA) is 152 Å². The van der Waals surface area contributed by atoms with Crippen molar-refractivity contribution < 1.29 is 49.0 Å². The number of aromatic carboxylic acids is 2. The Labute approximate surface area is 162 Å². The minimum Gasteiger partial charge on any atom is -0.478 e. The van der Waals surface area contributed by atoms with E-state index in [9.17, 15) is 19.8 Å². The van der Waals surface area contributed by atoms with E-state index < -0.39 is 11.9 Å². The zero-order valence-corrected chi connectivity index (χ0v) is 15.5. The van der Waals surface area contributed by atoms with Gasteiger partial charge in [-0.1, -0.05) is 0 Å². The number of rotatable bonds is 16. The predicted molar refractivity (Wildman–Crippen MR) is 95.0 cm³/mol. The van der Waals surface area contributed by atoms with Crippen LogP contribution in [0.25, 0.3) is 0 Å². The van der Waals surface area contributed by atoms with Crippen molar-refractivity contribution in [2.24, 2.45) is 0 Å². The van der Waals surface area contributed by atoms with E-state index in [0.29, 0.717) is 26.1 Å². The molecule has 0 aliphatic carbocycles. The molecule has 1 aromatic carbocycles. The molecule has 0 atom stereocenters. The molecule has 0 unspecified atom stereocenters. The van der Waals surface area contributed by atoms with Gasteiger partial charge in [-0.3, -0.25) is 0 Å². The first-order chi connectivity index (χ1) is 13.5. The summed E-state index contributed by atoms with van der Waals surface area (Å²) in [4.78, 5) is 22.9. The highest BCUT2D eigenvalue weighted by Gasteiger charge is 2.19. The van der Waals surface area contributed by atoms with Crippen molar-refractivity contribution in [1.82, 2.24) is 0 Å². The molecule has 0 spiro atoms. The second kappa shape index (κ2) is 14.0. The third kappa shape index (κ3) is 8.74. The zero-order valence-electron chi connectivity index (χ0n) is 15.5. The van der Waals surface area contributed by atoms with Crippen molar-refractivity contribution in [3.05, 3.63) is 34.4 Å². The lowest BCUT2D eigenvalue weighted by atomic mass is 9.99. The molecule has 28 heavy (non-hydrogen) atoms. The number of aliphatic hydroxyl groups excluding tert-OH is 2. The molecule has 0 saturated carbocycles. The fraction of sp³-hybridized carbons (Fsp3) is 0.556. The number of hydrogen-bond acceptors (Lipinski definition) is 8. The molecular formula is C18H26O10. The molecule has 0 bridgehead atoms. The van der Waals surface area contributed by atoms with Gasteiger partial charge in [0.05, 0.1) is 37.6 Å². The smallest absolute Gasteiger partial charge is 0.336 e. The Hall–Kier alpha value is -2.08. The molecule has 0 saturated heterocycles. The van der Waals surface area contributed by atoms with Crippen LogP contribution in [0.15, 0.2) is 12.1 Å². The molecule has 1 aromatic rings. The van der Waals surface area contributed by atoms with Crippen LogP contribution in [0.2, 0.25) is 0 Å². The third-order valence-corrected chi connectivity index (χ3v) is 3.53. The Balaban J connectivity index is 2.79. The van der Waals surface area contributed by atoms with Crippen molar-refractivity contribution >= 4 is 11.9 Å². The minimum atomic E-state index is -1.28. The van der Waals surface area contributed by atoms with E-state index in [1.54, 1.807) is 0 Å². The molecule has 4 N–H and O–H groups in total. The van der Waals surface area contributed by atoms with Crippen LogP contribution < -0.4 is 0 Å². The van der Waals surface area contributed by atoms with Gasteiger partial charge in [-0.05, 0) is 36.1 Å². The van der Waals surface area contributed by atoms with Crippen molar-refractivity contribution in [2.45, 2.75) is 26.1 Å². The van der Waals surface area contributed by atoms with Gasteiger partial charge < -0.3 is 39.4 Å². The van der Waals surface area contributed by atoms with Gasteiger partial charge in [0, 0.05) is 13.2 Å². The maximum absolute atomic E-state index is 11.5. The van der Waals surface area contributed by atoms with Gasteiger partial charge in [0.2, 0.25) is 0 Å². The van der Waals surface area contributed by atoms with Crippen molar-refractivity contribution in [2.75, 3.05) is 40.0 Å². The van der Waals surface area contributed by atoms with Crippen LogP contribution in [0.3, 0.4) is 0 Å². The molecular weight excluding hydrogens is 376 g/mol. The van der Waals surface area contributed by atoms with Crippen LogP contribution in [0.5, 0.6) is 0 Å². The summed E-state index contributed by atoms with van der Waals surface area (Å²) in [6.45, 7) is 0.209. The van der Waals surface area contributed by atoms with E-state index in [0.717, 1.165) is 6.07 Å². The van der Waals surface area contributed by atoms with Gasteiger partial charge in [0.1, 0.15) is 13.6 Å². The summed E-state index contributed by atoms with van der Waals surface area (Å²) in [5.74, 6) is -2.55. The van der Waals surface area contributed by atoms with E-state index in [1.807, 2.05) is 0 Å². The lowest BCUT2D eigenvalue weighted by Gasteiger charge is -2.13. The van der Waals surface area contributed by atoms with Crippen LogP contribution in [-0.2, 0) is 32.2 Å². The second-order valence-corrected chi connectivity index (χ2v) is 5.68. The summed E-state index contributed by atoms with van der Waals surface area (Å²) in [5, 5.41) is 36.0. The maximum atomic E-state index is 11.5. The third-order valence-electron chi connectivity index (χ3n) is 3.53. The highest BCUT2D eigenvalue weighted by molar-refractivity contribution is 5.96. The number of aliphatic hydroxyl groups is 2. The average Bonchev–Trinajstić information content (AvgIpc) is 2.66. The van der Waals surface area contributed by atoms with Gasteiger partial charge >= 0.3 is 11.9 Å². The van der Waals surface area contributed by atoms with Gasteiger partial charge in [0.15, 0.2) is 0 Å². The Morgan fingerprint density at radius 2 is 1.14 bits per heavy atom. The number of ether oxygens (including phenoxy) is 4. The molecule has 158 valence electrons. The summed E-state index contributed by atoms with van der Waals surface area (Å²) >= 11 is 0. The van der Waals surface area contributed by atoms with Gasteiger partial charge in [-0.2, -0.15) is 0 Å². The molecule has 1 rings (SSSR count). The monoisotopic (exact) mass is 402 g/mol. The predicted octanol–water partition coefficient (Wildman–Crippen LogP) is 0.829. The molecule has 10 heteroatoms. The first kappa shape index (κ1) is 24.0.